The molecule has 5 nitrogen and oxygen atoms in total. The lowest BCUT2D eigenvalue weighted by Gasteiger charge is -2.15. The molecule has 2 aromatic rings. The molecule has 5 heteroatoms. The van der Waals surface area contributed by atoms with Gasteiger partial charge in [0.05, 0.1) is 7.11 Å². The average Bonchev–Trinajstić information content (AvgIpc) is 2.84. The second-order valence-corrected chi connectivity index (χ2v) is 6.34. The first-order chi connectivity index (χ1) is 9.96. The number of nitrogens with zero attached hydrogens (tertiary/aromatic N) is 2. The molecule has 21 heavy (non-hydrogen) atoms. The van der Waals surface area contributed by atoms with Crippen LogP contribution in [0.4, 0.5) is 5.69 Å². The summed E-state index contributed by atoms with van der Waals surface area (Å²) in [5.74, 6) is 2.66. The third-order valence-electron chi connectivity index (χ3n) is 3.02. The molecule has 0 amide bonds. The Morgan fingerprint density at radius 2 is 2.10 bits per heavy atom. The van der Waals surface area contributed by atoms with Gasteiger partial charge in [-0.15, -0.1) is 0 Å². The van der Waals surface area contributed by atoms with Gasteiger partial charge in [0.15, 0.2) is 5.82 Å². The molecule has 0 saturated heterocycles. The first kappa shape index (κ1) is 15.4. The smallest absolute Gasteiger partial charge is 0.152 e. The van der Waals surface area contributed by atoms with Crippen LogP contribution in [0.1, 0.15) is 32.4 Å². The van der Waals surface area contributed by atoms with E-state index in [4.69, 9.17) is 4.74 Å². The number of hydrogen-bond acceptors (Lipinski definition) is 4. The van der Waals surface area contributed by atoms with Gasteiger partial charge in [-0.1, -0.05) is 26.8 Å². The van der Waals surface area contributed by atoms with Crippen molar-refractivity contribution in [3.63, 3.8) is 0 Å². The Kier molecular flexibility index (Phi) is 4.83. The molecular weight excluding hydrogens is 264 g/mol. The molecule has 1 aromatic carbocycles. The molecule has 0 spiro atoms. The van der Waals surface area contributed by atoms with E-state index in [1.165, 1.54) is 0 Å². The van der Waals surface area contributed by atoms with Crippen LogP contribution in [-0.2, 0) is 12.8 Å². The Balaban J connectivity index is 1.83. The van der Waals surface area contributed by atoms with Gasteiger partial charge in [0.2, 0.25) is 0 Å². The number of anilines is 1. The van der Waals surface area contributed by atoms with E-state index in [-0.39, 0.29) is 5.41 Å². The predicted octanol–water partition coefficient (Wildman–Crippen LogP) is 3.06. The van der Waals surface area contributed by atoms with Crippen molar-refractivity contribution in [1.29, 1.82) is 0 Å². The van der Waals surface area contributed by atoms with Gasteiger partial charge in [-0.2, -0.15) is 5.10 Å². The van der Waals surface area contributed by atoms with Gasteiger partial charge >= 0.3 is 0 Å². The molecule has 0 fully saturated rings. The van der Waals surface area contributed by atoms with Crippen LogP contribution in [0.5, 0.6) is 5.75 Å². The van der Waals surface area contributed by atoms with Crippen LogP contribution >= 0.6 is 0 Å². The Morgan fingerprint density at radius 1 is 1.29 bits per heavy atom. The van der Waals surface area contributed by atoms with Crippen LogP contribution < -0.4 is 10.1 Å². The zero-order valence-electron chi connectivity index (χ0n) is 13.2. The lowest BCUT2D eigenvalue weighted by Crippen LogP contribution is -2.10. The SMILES string of the molecule is COc1cccc(NCCc2n[nH]c(CC(C)(C)C)n2)c1. The number of rotatable bonds is 6. The maximum atomic E-state index is 5.20. The van der Waals surface area contributed by atoms with E-state index in [0.29, 0.717) is 0 Å². The normalized spacial score (nSPS) is 11.4. The number of ether oxygens (including phenoxy) is 1. The molecule has 114 valence electrons. The van der Waals surface area contributed by atoms with E-state index in [1.807, 2.05) is 24.3 Å². The largest absolute Gasteiger partial charge is 0.497 e. The van der Waals surface area contributed by atoms with E-state index in [2.05, 4.69) is 41.3 Å². The lowest BCUT2D eigenvalue weighted by atomic mass is 9.92. The van der Waals surface area contributed by atoms with Crippen molar-refractivity contribution in [2.24, 2.45) is 5.41 Å². The highest BCUT2D eigenvalue weighted by Gasteiger charge is 2.14. The van der Waals surface area contributed by atoms with Gasteiger partial charge in [-0.3, -0.25) is 5.10 Å². The zero-order valence-corrected chi connectivity index (χ0v) is 13.2. The van der Waals surface area contributed by atoms with E-state index >= 15 is 0 Å². The molecule has 0 radical (unpaired) electrons. The van der Waals surface area contributed by atoms with Crippen LogP contribution in [0.15, 0.2) is 24.3 Å². The van der Waals surface area contributed by atoms with Crippen molar-refractivity contribution in [2.75, 3.05) is 19.0 Å². The van der Waals surface area contributed by atoms with Crippen LogP contribution in [0.2, 0.25) is 0 Å². The molecule has 0 atom stereocenters. The Morgan fingerprint density at radius 3 is 2.81 bits per heavy atom. The number of methoxy groups -OCH3 is 1. The summed E-state index contributed by atoms with van der Waals surface area (Å²) < 4.78 is 5.20. The van der Waals surface area contributed by atoms with Crippen LogP contribution in [0, 0.1) is 5.41 Å². The molecule has 0 bridgehead atoms. The summed E-state index contributed by atoms with van der Waals surface area (Å²) in [4.78, 5) is 4.53. The second kappa shape index (κ2) is 6.61. The average molecular weight is 288 g/mol. The minimum Gasteiger partial charge on any atom is -0.497 e. The first-order valence-electron chi connectivity index (χ1n) is 7.24. The maximum Gasteiger partial charge on any atom is 0.152 e. The molecule has 0 saturated carbocycles. The molecule has 2 N–H and O–H groups in total. The molecule has 0 unspecified atom stereocenters. The number of aromatic nitrogens is 3. The minimum atomic E-state index is 0.218. The van der Waals surface area contributed by atoms with E-state index in [1.54, 1.807) is 7.11 Å². The fourth-order valence-corrected chi connectivity index (χ4v) is 2.08. The molecule has 2 rings (SSSR count). The third kappa shape index (κ3) is 5.10. The molecule has 0 aliphatic carbocycles. The Bertz CT molecular complexity index is 572. The second-order valence-electron chi connectivity index (χ2n) is 6.34. The quantitative estimate of drug-likeness (QED) is 0.857. The number of nitrogens with one attached hydrogen (secondary N) is 2. The van der Waals surface area contributed by atoms with Crippen molar-refractivity contribution in [3.8, 4) is 5.75 Å². The summed E-state index contributed by atoms with van der Waals surface area (Å²) in [7, 11) is 1.67. The van der Waals surface area contributed by atoms with E-state index in [0.717, 1.165) is 42.5 Å². The first-order valence-corrected chi connectivity index (χ1v) is 7.24. The van der Waals surface area contributed by atoms with Crippen molar-refractivity contribution >= 4 is 5.69 Å². The number of hydrogen-bond donors (Lipinski definition) is 2. The van der Waals surface area contributed by atoms with Crippen LogP contribution in [0.25, 0.3) is 0 Å². The molecule has 0 aliphatic rings. The highest BCUT2D eigenvalue weighted by Crippen LogP contribution is 2.18. The fourth-order valence-electron chi connectivity index (χ4n) is 2.08. The van der Waals surface area contributed by atoms with Crippen LogP contribution in [-0.4, -0.2) is 28.8 Å². The summed E-state index contributed by atoms with van der Waals surface area (Å²) in [6, 6.07) is 7.89. The highest BCUT2D eigenvalue weighted by atomic mass is 16.5. The summed E-state index contributed by atoms with van der Waals surface area (Å²) >= 11 is 0. The van der Waals surface area contributed by atoms with Crippen molar-refractivity contribution in [2.45, 2.75) is 33.6 Å². The maximum absolute atomic E-state index is 5.20. The molecule has 1 heterocycles. The molecular formula is C16H24N4O. The Labute approximate surface area is 126 Å². The summed E-state index contributed by atoms with van der Waals surface area (Å²) in [5, 5.41) is 10.6. The minimum absolute atomic E-state index is 0.218. The molecule has 0 aliphatic heterocycles. The fraction of sp³-hybridized carbons (Fsp3) is 0.500. The van der Waals surface area contributed by atoms with Crippen LogP contribution in [0.3, 0.4) is 0 Å². The monoisotopic (exact) mass is 288 g/mol. The molecule has 1 aromatic heterocycles. The van der Waals surface area contributed by atoms with Crippen molar-refractivity contribution in [1.82, 2.24) is 15.2 Å². The van der Waals surface area contributed by atoms with Gasteiger partial charge in [0, 0.05) is 31.1 Å². The Hall–Kier alpha value is -2.04. The summed E-state index contributed by atoms with van der Waals surface area (Å²) in [6.07, 6.45) is 1.70. The lowest BCUT2D eigenvalue weighted by molar-refractivity contribution is 0.401. The number of H-pyrrole nitrogens is 1. The van der Waals surface area contributed by atoms with E-state index < -0.39 is 0 Å². The topological polar surface area (TPSA) is 62.8 Å². The van der Waals surface area contributed by atoms with E-state index in [9.17, 15) is 0 Å². The summed E-state index contributed by atoms with van der Waals surface area (Å²) in [5.41, 5.74) is 1.26. The highest BCUT2D eigenvalue weighted by molar-refractivity contribution is 5.48. The zero-order chi connectivity index (χ0) is 15.3. The number of aromatic amines is 1. The van der Waals surface area contributed by atoms with Gasteiger partial charge in [-0.25, -0.2) is 4.98 Å². The third-order valence-corrected chi connectivity index (χ3v) is 3.02. The van der Waals surface area contributed by atoms with Gasteiger partial charge in [0.1, 0.15) is 11.6 Å². The van der Waals surface area contributed by atoms with Gasteiger partial charge in [0.25, 0.3) is 0 Å². The summed E-state index contributed by atoms with van der Waals surface area (Å²) in [6.45, 7) is 7.37. The van der Waals surface area contributed by atoms with Gasteiger partial charge < -0.3 is 10.1 Å². The van der Waals surface area contributed by atoms with Gasteiger partial charge in [-0.05, 0) is 17.5 Å². The predicted molar refractivity (Wildman–Crippen MR) is 84.7 cm³/mol. The standard InChI is InChI=1S/C16H24N4O/c1-16(2,3)11-15-18-14(19-20-15)8-9-17-12-6-5-7-13(10-12)21-4/h5-7,10,17H,8-9,11H2,1-4H3,(H,18,19,20). The van der Waals surface area contributed by atoms with Crippen molar-refractivity contribution < 1.29 is 4.74 Å². The van der Waals surface area contributed by atoms with Crippen molar-refractivity contribution in [3.05, 3.63) is 35.9 Å². The number of benzene rings is 1.